The summed E-state index contributed by atoms with van der Waals surface area (Å²) in [5.41, 5.74) is 1.52. The Balaban J connectivity index is 1.84. The monoisotopic (exact) mass is 332 g/mol. The smallest absolute Gasteiger partial charge is 0.251 e. The highest BCUT2D eigenvalue weighted by atomic mass is 32.1. The van der Waals surface area contributed by atoms with Gasteiger partial charge in [0.25, 0.3) is 5.91 Å². The topological polar surface area (TPSA) is 82.2 Å². The Bertz CT molecular complexity index is 792. The van der Waals surface area contributed by atoms with Crippen molar-refractivity contribution in [3.8, 4) is 16.6 Å². The highest BCUT2D eigenvalue weighted by molar-refractivity contribution is 7.12. The van der Waals surface area contributed by atoms with E-state index in [0.717, 1.165) is 11.4 Å². The SMILES string of the molecule is CCOCC(=O)Nc1cc(C)nn1-c1nc(-c2ccco2)cs1. The van der Waals surface area contributed by atoms with Crippen LogP contribution in [-0.2, 0) is 9.53 Å². The minimum atomic E-state index is -0.226. The first-order valence-corrected chi connectivity index (χ1v) is 7.99. The molecule has 0 spiro atoms. The fraction of sp³-hybridized carbons (Fsp3) is 0.267. The lowest BCUT2D eigenvalue weighted by Gasteiger charge is -2.06. The summed E-state index contributed by atoms with van der Waals surface area (Å²) >= 11 is 1.42. The maximum Gasteiger partial charge on any atom is 0.251 e. The predicted molar refractivity (Wildman–Crippen MR) is 86.8 cm³/mol. The molecular formula is C15H16N4O3S. The van der Waals surface area contributed by atoms with Crippen molar-refractivity contribution >= 4 is 23.1 Å². The van der Waals surface area contributed by atoms with E-state index in [2.05, 4.69) is 15.4 Å². The normalized spacial score (nSPS) is 10.9. The Hall–Kier alpha value is -2.45. The molecular weight excluding hydrogens is 316 g/mol. The molecule has 8 heteroatoms. The summed E-state index contributed by atoms with van der Waals surface area (Å²) in [5, 5.41) is 9.71. The van der Waals surface area contributed by atoms with Crippen molar-refractivity contribution in [1.82, 2.24) is 14.8 Å². The van der Waals surface area contributed by atoms with E-state index >= 15 is 0 Å². The van der Waals surface area contributed by atoms with Gasteiger partial charge in [0.1, 0.15) is 18.1 Å². The van der Waals surface area contributed by atoms with Gasteiger partial charge in [-0.15, -0.1) is 11.3 Å². The fourth-order valence-corrected chi connectivity index (χ4v) is 2.78. The van der Waals surface area contributed by atoms with E-state index in [0.29, 0.717) is 23.3 Å². The van der Waals surface area contributed by atoms with Gasteiger partial charge in [-0.3, -0.25) is 4.79 Å². The number of aryl methyl sites for hydroxylation is 1. The molecule has 1 N–H and O–H groups in total. The Morgan fingerprint density at radius 3 is 3.13 bits per heavy atom. The molecule has 1 amide bonds. The van der Waals surface area contributed by atoms with Gasteiger partial charge in [0.15, 0.2) is 5.76 Å². The van der Waals surface area contributed by atoms with Gasteiger partial charge in [-0.25, -0.2) is 4.98 Å². The van der Waals surface area contributed by atoms with Crippen LogP contribution in [0.2, 0.25) is 0 Å². The number of amides is 1. The number of furan rings is 1. The second-order valence-electron chi connectivity index (χ2n) is 4.76. The van der Waals surface area contributed by atoms with Crippen LogP contribution in [0.4, 0.5) is 5.82 Å². The van der Waals surface area contributed by atoms with Crippen molar-refractivity contribution < 1.29 is 13.9 Å². The molecule has 0 bridgehead atoms. The molecule has 3 rings (SSSR count). The second-order valence-corrected chi connectivity index (χ2v) is 5.60. The number of carbonyl (C=O) groups excluding carboxylic acids is 1. The lowest BCUT2D eigenvalue weighted by Crippen LogP contribution is -2.20. The molecule has 0 unspecified atom stereocenters. The van der Waals surface area contributed by atoms with Crippen molar-refractivity contribution in [1.29, 1.82) is 0 Å². The molecule has 0 saturated heterocycles. The van der Waals surface area contributed by atoms with Crippen LogP contribution >= 0.6 is 11.3 Å². The van der Waals surface area contributed by atoms with Crippen LogP contribution in [0.1, 0.15) is 12.6 Å². The third-order valence-corrected chi connectivity index (χ3v) is 3.80. The Morgan fingerprint density at radius 1 is 1.52 bits per heavy atom. The van der Waals surface area contributed by atoms with Gasteiger partial charge in [-0.1, -0.05) is 0 Å². The van der Waals surface area contributed by atoms with Crippen molar-refractivity contribution in [2.45, 2.75) is 13.8 Å². The first kappa shape index (κ1) is 15.4. The fourth-order valence-electron chi connectivity index (χ4n) is 2.01. The summed E-state index contributed by atoms with van der Waals surface area (Å²) in [5.74, 6) is 1.03. The second kappa shape index (κ2) is 6.76. The number of nitrogens with zero attached hydrogens (tertiary/aromatic N) is 3. The molecule has 0 aliphatic carbocycles. The number of carbonyl (C=O) groups is 1. The van der Waals surface area contributed by atoms with E-state index < -0.39 is 0 Å². The summed E-state index contributed by atoms with van der Waals surface area (Å²) in [6.45, 7) is 4.20. The van der Waals surface area contributed by atoms with Crippen molar-refractivity contribution in [2.75, 3.05) is 18.5 Å². The molecule has 120 valence electrons. The van der Waals surface area contributed by atoms with E-state index in [-0.39, 0.29) is 12.5 Å². The van der Waals surface area contributed by atoms with Crippen molar-refractivity contribution in [3.63, 3.8) is 0 Å². The van der Waals surface area contributed by atoms with Crippen LogP contribution in [-0.4, -0.2) is 33.9 Å². The van der Waals surface area contributed by atoms with Gasteiger partial charge in [0.05, 0.1) is 12.0 Å². The number of hydrogen-bond donors (Lipinski definition) is 1. The Morgan fingerprint density at radius 2 is 2.39 bits per heavy atom. The maximum atomic E-state index is 11.8. The van der Waals surface area contributed by atoms with E-state index in [1.165, 1.54) is 11.3 Å². The third-order valence-electron chi connectivity index (χ3n) is 2.98. The molecule has 23 heavy (non-hydrogen) atoms. The summed E-state index contributed by atoms with van der Waals surface area (Å²) in [7, 11) is 0. The van der Waals surface area contributed by atoms with Crippen molar-refractivity contribution in [3.05, 3.63) is 35.5 Å². The highest BCUT2D eigenvalue weighted by Gasteiger charge is 2.15. The maximum absolute atomic E-state index is 11.8. The van der Waals surface area contributed by atoms with Crippen LogP contribution in [0.5, 0.6) is 0 Å². The number of thiazole rings is 1. The van der Waals surface area contributed by atoms with Gasteiger partial charge >= 0.3 is 0 Å². The van der Waals surface area contributed by atoms with E-state index in [1.54, 1.807) is 17.0 Å². The number of rotatable bonds is 6. The zero-order chi connectivity index (χ0) is 16.2. The van der Waals surface area contributed by atoms with E-state index in [1.807, 2.05) is 31.4 Å². The van der Waals surface area contributed by atoms with Gasteiger partial charge in [0, 0.05) is 18.1 Å². The molecule has 3 aromatic heterocycles. The summed E-state index contributed by atoms with van der Waals surface area (Å²) in [4.78, 5) is 16.4. The Labute approximate surface area is 136 Å². The molecule has 0 aliphatic heterocycles. The average molecular weight is 332 g/mol. The summed E-state index contributed by atoms with van der Waals surface area (Å²) in [6, 6.07) is 5.45. The van der Waals surface area contributed by atoms with Gasteiger partial charge in [-0.05, 0) is 26.0 Å². The van der Waals surface area contributed by atoms with Crippen LogP contribution in [0.25, 0.3) is 16.6 Å². The van der Waals surface area contributed by atoms with Gasteiger partial charge < -0.3 is 14.5 Å². The van der Waals surface area contributed by atoms with Crippen molar-refractivity contribution in [2.24, 2.45) is 0 Å². The first-order chi connectivity index (χ1) is 11.2. The number of nitrogens with one attached hydrogen (secondary N) is 1. The minimum Gasteiger partial charge on any atom is -0.463 e. The summed E-state index contributed by atoms with van der Waals surface area (Å²) < 4.78 is 12.1. The lowest BCUT2D eigenvalue weighted by molar-refractivity contribution is -0.120. The number of hydrogen-bond acceptors (Lipinski definition) is 6. The van der Waals surface area contributed by atoms with Gasteiger partial charge in [0.2, 0.25) is 5.13 Å². The Kier molecular flexibility index (Phi) is 4.54. The van der Waals surface area contributed by atoms with Gasteiger partial charge in [-0.2, -0.15) is 9.78 Å². The van der Waals surface area contributed by atoms with E-state index in [4.69, 9.17) is 9.15 Å². The molecule has 0 fully saturated rings. The first-order valence-electron chi connectivity index (χ1n) is 7.11. The van der Waals surface area contributed by atoms with Crippen LogP contribution < -0.4 is 5.32 Å². The minimum absolute atomic E-state index is 0.0102. The zero-order valence-electron chi connectivity index (χ0n) is 12.8. The van der Waals surface area contributed by atoms with Crippen LogP contribution in [0.15, 0.2) is 34.3 Å². The molecule has 7 nitrogen and oxygen atoms in total. The average Bonchev–Trinajstić information content (AvgIpc) is 3.24. The zero-order valence-corrected chi connectivity index (χ0v) is 13.6. The largest absolute Gasteiger partial charge is 0.463 e. The number of aromatic nitrogens is 3. The highest BCUT2D eigenvalue weighted by Crippen LogP contribution is 2.26. The van der Waals surface area contributed by atoms with Crippen LogP contribution in [0, 0.1) is 6.92 Å². The molecule has 0 atom stereocenters. The third kappa shape index (κ3) is 3.49. The summed E-state index contributed by atoms with van der Waals surface area (Å²) in [6.07, 6.45) is 1.60. The molecule has 0 aromatic carbocycles. The van der Waals surface area contributed by atoms with Crippen LogP contribution in [0.3, 0.4) is 0 Å². The number of anilines is 1. The quantitative estimate of drug-likeness (QED) is 0.750. The number of ether oxygens (including phenoxy) is 1. The molecule has 0 radical (unpaired) electrons. The standard InChI is InChI=1S/C15H16N4O3S/c1-3-21-8-14(20)17-13-7-10(2)18-19(13)15-16-11(9-23-15)12-5-4-6-22-12/h4-7,9H,3,8H2,1-2H3,(H,17,20). The molecule has 3 heterocycles. The molecule has 0 saturated carbocycles. The molecule has 3 aromatic rings. The lowest BCUT2D eigenvalue weighted by atomic mass is 10.4. The van der Waals surface area contributed by atoms with E-state index in [9.17, 15) is 4.79 Å². The molecule has 0 aliphatic rings. The predicted octanol–water partition coefficient (Wildman–Crippen LogP) is 2.87.